The molecule has 0 bridgehead atoms. The van der Waals surface area contributed by atoms with Gasteiger partial charge in [0.15, 0.2) is 0 Å². The van der Waals surface area contributed by atoms with Gasteiger partial charge in [0.25, 0.3) is 0 Å². The number of amides is 1. The summed E-state index contributed by atoms with van der Waals surface area (Å²) < 4.78 is 0. The first-order chi connectivity index (χ1) is 8.26. The molecular formula is C14H27ClN2O. The second-order valence-electron chi connectivity index (χ2n) is 5.87. The standard InChI is InChI=1S/C14H26N2O.ClH/c15-11-14(9-5-6-10-14)16-13(17)12-7-3-1-2-4-8-12;/h12H,1-11,15H2,(H,16,17);1H. The van der Waals surface area contributed by atoms with Gasteiger partial charge in [-0.2, -0.15) is 0 Å². The van der Waals surface area contributed by atoms with Crippen LogP contribution in [0.25, 0.3) is 0 Å². The van der Waals surface area contributed by atoms with Crippen molar-refractivity contribution in [1.29, 1.82) is 0 Å². The van der Waals surface area contributed by atoms with Crippen molar-refractivity contribution in [2.75, 3.05) is 6.54 Å². The van der Waals surface area contributed by atoms with Crippen LogP contribution in [0.1, 0.15) is 64.2 Å². The highest BCUT2D eigenvalue weighted by Gasteiger charge is 2.35. The van der Waals surface area contributed by atoms with E-state index in [1.54, 1.807) is 0 Å². The molecule has 3 N–H and O–H groups in total. The third kappa shape index (κ3) is 3.86. The van der Waals surface area contributed by atoms with Crippen LogP contribution in [-0.4, -0.2) is 18.0 Å². The van der Waals surface area contributed by atoms with E-state index in [0.29, 0.717) is 6.54 Å². The lowest BCUT2D eigenvalue weighted by Gasteiger charge is -2.30. The van der Waals surface area contributed by atoms with Crippen molar-refractivity contribution in [3.8, 4) is 0 Å². The van der Waals surface area contributed by atoms with Gasteiger partial charge in [0, 0.05) is 12.5 Å². The Labute approximate surface area is 117 Å². The Morgan fingerprint density at radius 2 is 1.61 bits per heavy atom. The fourth-order valence-corrected chi connectivity index (χ4v) is 3.34. The van der Waals surface area contributed by atoms with Crippen molar-refractivity contribution < 1.29 is 4.79 Å². The van der Waals surface area contributed by atoms with Gasteiger partial charge < -0.3 is 11.1 Å². The summed E-state index contributed by atoms with van der Waals surface area (Å²) in [5, 5.41) is 3.28. The number of rotatable bonds is 3. The lowest BCUT2D eigenvalue weighted by molar-refractivity contribution is -0.127. The summed E-state index contributed by atoms with van der Waals surface area (Å²) in [7, 11) is 0. The lowest BCUT2D eigenvalue weighted by Crippen LogP contribution is -2.53. The quantitative estimate of drug-likeness (QED) is 0.778. The molecule has 0 heterocycles. The van der Waals surface area contributed by atoms with Crippen LogP contribution in [0.15, 0.2) is 0 Å². The van der Waals surface area contributed by atoms with E-state index in [1.165, 1.54) is 38.5 Å². The molecule has 18 heavy (non-hydrogen) atoms. The molecule has 2 aliphatic carbocycles. The van der Waals surface area contributed by atoms with E-state index in [2.05, 4.69) is 5.32 Å². The normalized spacial score (nSPS) is 24.1. The van der Waals surface area contributed by atoms with E-state index in [-0.39, 0.29) is 29.8 Å². The van der Waals surface area contributed by atoms with E-state index in [9.17, 15) is 4.79 Å². The van der Waals surface area contributed by atoms with Crippen LogP contribution in [-0.2, 0) is 4.79 Å². The van der Waals surface area contributed by atoms with Crippen molar-refractivity contribution in [1.82, 2.24) is 5.32 Å². The summed E-state index contributed by atoms with van der Waals surface area (Å²) >= 11 is 0. The Morgan fingerprint density at radius 3 is 2.11 bits per heavy atom. The molecule has 0 radical (unpaired) electrons. The Hall–Kier alpha value is -0.280. The number of hydrogen-bond donors (Lipinski definition) is 2. The van der Waals surface area contributed by atoms with Crippen LogP contribution < -0.4 is 11.1 Å². The lowest BCUT2D eigenvalue weighted by atomic mass is 9.93. The zero-order chi connectivity index (χ0) is 12.1. The largest absolute Gasteiger partial charge is 0.349 e. The van der Waals surface area contributed by atoms with Crippen molar-refractivity contribution in [3.63, 3.8) is 0 Å². The van der Waals surface area contributed by atoms with Gasteiger partial charge in [0.1, 0.15) is 0 Å². The van der Waals surface area contributed by atoms with Crippen LogP contribution >= 0.6 is 12.4 Å². The molecule has 0 saturated heterocycles. The number of nitrogens with two attached hydrogens (primary N) is 1. The molecule has 2 rings (SSSR count). The van der Waals surface area contributed by atoms with Crippen molar-refractivity contribution >= 4 is 18.3 Å². The van der Waals surface area contributed by atoms with Gasteiger partial charge >= 0.3 is 0 Å². The average molecular weight is 275 g/mol. The molecule has 2 fully saturated rings. The fraction of sp³-hybridized carbons (Fsp3) is 0.929. The number of carbonyl (C=O) groups excluding carboxylic acids is 1. The fourth-order valence-electron chi connectivity index (χ4n) is 3.34. The molecule has 3 nitrogen and oxygen atoms in total. The van der Waals surface area contributed by atoms with Crippen molar-refractivity contribution in [3.05, 3.63) is 0 Å². The maximum Gasteiger partial charge on any atom is 0.223 e. The number of halogens is 1. The molecule has 0 aromatic heterocycles. The summed E-state index contributed by atoms with van der Waals surface area (Å²) in [5.74, 6) is 0.528. The summed E-state index contributed by atoms with van der Waals surface area (Å²) in [6.45, 7) is 0.603. The minimum Gasteiger partial charge on any atom is -0.349 e. The predicted molar refractivity (Wildman–Crippen MR) is 76.8 cm³/mol. The summed E-state index contributed by atoms with van der Waals surface area (Å²) in [6.07, 6.45) is 11.7. The van der Waals surface area contributed by atoms with Crippen molar-refractivity contribution in [2.24, 2.45) is 11.7 Å². The Bertz CT molecular complexity index is 257. The minimum atomic E-state index is -0.0661. The van der Waals surface area contributed by atoms with Crippen LogP contribution in [0.3, 0.4) is 0 Å². The molecule has 2 aliphatic rings. The zero-order valence-electron chi connectivity index (χ0n) is 11.2. The molecule has 4 heteroatoms. The smallest absolute Gasteiger partial charge is 0.223 e. The van der Waals surface area contributed by atoms with E-state index in [1.807, 2.05) is 0 Å². The first-order valence-corrected chi connectivity index (χ1v) is 7.28. The second kappa shape index (κ2) is 7.34. The van der Waals surface area contributed by atoms with Gasteiger partial charge in [0.05, 0.1) is 5.54 Å². The van der Waals surface area contributed by atoms with Gasteiger partial charge in [-0.25, -0.2) is 0 Å². The number of carbonyl (C=O) groups is 1. The number of hydrogen-bond acceptors (Lipinski definition) is 2. The van der Waals surface area contributed by atoms with Gasteiger partial charge in [-0.05, 0) is 25.7 Å². The maximum absolute atomic E-state index is 12.3. The molecule has 1 amide bonds. The van der Waals surface area contributed by atoms with E-state index in [4.69, 9.17) is 5.73 Å². The van der Waals surface area contributed by atoms with Gasteiger partial charge in [-0.3, -0.25) is 4.79 Å². The third-order valence-corrected chi connectivity index (χ3v) is 4.57. The second-order valence-corrected chi connectivity index (χ2v) is 5.87. The molecule has 2 saturated carbocycles. The van der Waals surface area contributed by atoms with Crippen LogP contribution in [0.2, 0.25) is 0 Å². The first-order valence-electron chi connectivity index (χ1n) is 7.28. The molecule has 106 valence electrons. The molecule has 0 aliphatic heterocycles. The highest BCUT2D eigenvalue weighted by molar-refractivity contribution is 5.85. The van der Waals surface area contributed by atoms with E-state index in [0.717, 1.165) is 25.7 Å². The summed E-state index contributed by atoms with van der Waals surface area (Å²) in [4.78, 5) is 12.3. The van der Waals surface area contributed by atoms with Gasteiger partial charge in [-0.1, -0.05) is 38.5 Å². The topological polar surface area (TPSA) is 55.1 Å². The van der Waals surface area contributed by atoms with Crippen molar-refractivity contribution in [2.45, 2.75) is 69.7 Å². The highest BCUT2D eigenvalue weighted by Crippen LogP contribution is 2.30. The first kappa shape index (κ1) is 15.8. The van der Waals surface area contributed by atoms with Gasteiger partial charge in [0.2, 0.25) is 5.91 Å². The SMILES string of the molecule is Cl.NCC1(NC(=O)C2CCCCCC2)CCCC1. The average Bonchev–Trinajstić information content (AvgIpc) is 2.64. The Balaban J connectivity index is 0.00000162. The molecule has 0 atom stereocenters. The molecular weight excluding hydrogens is 248 g/mol. The summed E-state index contributed by atoms with van der Waals surface area (Å²) in [6, 6.07) is 0. The summed E-state index contributed by atoms with van der Waals surface area (Å²) in [5.41, 5.74) is 5.80. The molecule has 0 aromatic rings. The van der Waals surface area contributed by atoms with Crippen LogP contribution in [0, 0.1) is 5.92 Å². The Morgan fingerprint density at radius 1 is 1.06 bits per heavy atom. The Kier molecular flexibility index (Phi) is 6.44. The predicted octanol–water partition coefficient (Wildman–Crippen LogP) is 2.77. The zero-order valence-corrected chi connectivity index (χ0v) is 12.1. The van der Waals surface area contributed by atoms with E-state index >= 15 is 0 Å². The van der Waals surface area contributed by atoms with Crippen LogP contribution in [0.4, 0.5) is 0 Å². The van der Waals surface area contributed by atoms with Crippen LogP contribution in [0.5, 0.6) is 0 Å². The monoisotopic (exact) mass is 274 g/mol. The number of nitrogens with one attached hydrogen (secondary N) is 1. The van der Waals surface area contributed by atoms with Gasteiger partial charge in [-0.15, -0.1) is 12.4 Å². The third-order valence-electron chi connectivity index (χ3n) is 4.57. The molecule has 0 unspecified atom stereocenters. The van der Waals surface area contributed by atoms with E-state index < -0.39 is 0 Å². The minimum absolute atomic E-state index is 0. The molecule has 0 aromatic carbocycles. The molecule has 0 spiro atoms. The highest BCUT2D eigenvalue weighted by atomic mass is 35.5. The maximum atomic E-state index is 12.3.